The lowest BCUT2D eigenvalue weighted by molar-refractivity contribution is -0.140. The van der Waals surface area contributed by atoms with E-state index in [0.29, 0.717) is 6.42 Å². The molecule has 6 heteroatoms. The number of rotatable bonds is 8. The van der Waals surface area contributed by atoms with E-state index in [-0.39, 0.29) is 24.4 Å². The highest BCUT2D eigenvalue weighted by molar-refractivity contribution is 5.88. The van der Waals surface area contributed by atoms with E-state index >= 15 is 0 Å². The summed E-state index contributed by atoms with van der Waals surface area (Å²) in [5.74, 6) is -1.13. The maximum absolute atomic E-state index is 12.5. The van der Waals surface area contributed by atoms with Crippen LogP contribution in [0.4, 0.5) is 0 Å². The lowest BCUT2D eigenvalue weighted by Crippen LogP contribution is -2.49. The Bertz CT molecular complexity index is 745. The third kappa shape index (κ3) is 5.44. The number of hydrogen-bond donors (Lipinski definition) is 3. The predicted molar refractivity (Wildman–Crippen MR) is 107 cm³/mol. The van der Waals surface area contributed by atoms with E-state index in [0.717, 1.165) is 22.8 Å². The fourth-order valence-electron chi connectivity index (χ4n) is 2.99. The summed E-state index contributed by atoms with van der Waals surface area (Å²) >= 11 is 0. The second-order valence-corrected chi connectivity index (χ2v) is 6.37. The molecule has 0 aliphatic heterocycles. The number of carboxylic acids is 1. The summed E-state index contributed by atoms with van der Waals surface area (Å²) in [5, 5.41) is 17.3. The van der Waals surface area contributed by atoms with E-state index in [1.54, 1.807) is 6.92 Å². The van der Waals surface area contributed by atoms with Crippen molar-refractivity contribution < 1.29 is 14.7 Å². The Labute approximate surface area is 160 Å². The normalized spacial score (nSPS) is 14.1. The van der Waals surface area contributed by atoms with Crippen LogP contribution in [0.15, 0.2) is 42.5 Å². The highest BCUT2D eigenvalue weighted by Gasteiger charge is 2.23. The number of hydrogen-bond acceptors (Lipinski definition) is 3. The number of carbonyl (C=O) groups excluding carboxylic acids is 1. The van der Waals surface area contributed by atoms with Gasteiger partial charge in [0.1, 0.15) is 6.04 Å². The third-order valence-electron chi connectivity index (χ3n) is 4.37. The largest absolute Gasteiger partial charge is 0.480 e. The van der Waals surface area contributed by atoms with E-state index in [2.05, 4.69) is 10.6 Å². The minimum Gasteiger partial charge on any atom is -0.480 e. The van der Waals surface area contributed by atoms with E-state index < -0.39 is 18.1 Å². The van der Waals surface area contributed by atoms with Crippen molar-refractivity contribution >= 4 is 35.1 Å². The molecule has 26 heavy (non-hydrogen) atoms. The molecule has 3 N–H and O–H groups in total. The SMILES string of the molecule is CCCC(NC(C)C(=O)NC(C)c1cccc2ccccc12)C(=O)O.Cl. The summed E-state index contributed by atoms with van der Waals surface area (Å²) in [6.45, 7) is 5.55. The Morgan fingerprint density at radius 1 is 1.08 bits per heavy atom. The molecule has 5 nitrogen and oxygen atoms in total. The molecule has 0 heterocycles. The van der Waals surface area contributed by atoms with Gasteiger partial charge >= 0.3 is 5.97 Å². The van der Waals surface area contributed by atoms with E-state index in [9.17, 15) is 14.7 Å². The fourth-order valence-corrected chi connectivity index (χ4v) is 2.99. The van der Waals surface area contributed by atoms with Gasteiger partial charge in [-0.15, -0.1) is 12.4 Å². The van der Waals surface area contributed by atoms with Crippen LogP contribution in [0.1, 0.15) is 45.2 Å². The van der Waals surface area contributed by atoms with E-state index in [1.165, 1.54) is 0 Å². The number of amides is 1. The lowest BCUT2D eigenvalue weighted by atomic mass is 9.99. The molecule has 0 aliphatic rings. The molecule has 3 unspecified atom stereocenters. The van der Waals surface area contributed by atoms with Gasteiger partial charge in [-0.2, -0.15) is 0 Å². The van der Waals surface area contributed by atoms with Crippen molar-refractivity contribution in [2.24, 2.45) is 0 Å². The number of carbonyl (C=O) groups is 2. The minimum absolute atomic E-state index is 0. The van der Waals surface area contributed by atoms with Gasteiger partial charge in [0.2, 0.25) is 5.91 Å². The summed E-state index contributed by atoms with van der Waals surface area (Å²) in [4.78, 5) is 23.7. The maximum Gasteiger partial charge on any atom is 0.320 e. The Kier molecular flexibility index (Phi) is 8.55. The molecular formula is C20H27ClN2O3. The molecule has 0 radical (unpaired) electrons. The molecule has 2 aromatic rings. The number of nitrogens with one attached hydrogen (secondary N) is 2. The second-order valence-electron chi connectivity index (χ2n) is 6.37. The van der Waals surface area contributed by atoms with Gasteiger partial charge in [0.25, 0.3) is 0 Å². The van der Waals surface area contributed by atoms with Crippen molar-refractivity contribution in [3.63, 3.8) is 0 Å². The Morgan fingerprint density at radius 3 is 2.38 bits per heavy atom. The standard InChI is InChI=1S/C20H26N2O3.ClH/c1-4-8-18(20(24)25)21-14(3)19(23)22-13(2)16-12-7-10-15-9-5-6-11-17(15)16;/h5-7,9-14,18,21H,4,8H2,1-3H3,(H,22,23)(H,24,25);1H. The van der Waals surface area contributed by atoms with Gasteiger partial charge in [-0.3, -0.25) is 14.9 Å². The van der Waals surface area contributed by atoms with Crippen LogP contribution in [0.3, 0.4) is 0 Å². The van der Waals surface area contributed by atoms with Crippen LogP contribution in [-0.4, -0.2) is 29.1 Å². The summed E-state index contributed by atoms with van der Waals surface area (Å²) in [7, 11) is 0. The van der Waals surface area contributed by atoms with Crippen LogP contribution < -0.4 is 10.6 Å². The first-order chi connectivity index (χ1) is 11.9. The molecule has 0 saturated carbocycles. The van der Waals surface area contributed by atoms with Gasteiger partial charge in [-0.25, -0.2) is 0 Å². The number of fused-ring (bicyclic) bond motifs is 1. The van der Waals surface area contributed by atoms with Gasteiger partial charge in [0.15, 0.2) is 0 Å². The molecule has 0 fully saturated rings. The van der Waals surface area contributed by atoms with E-state index in [4.69, 9.17) is 0 Å². The molecule has 0 aliphatic carbocycles. The van der Waals surface area contributed by atoms with Gasteiger partial charge in [0.05, 0.1) is 12.1 Å². The summed E-state index contributed by atoms with van der Waals surface area (Å²) in [5.41, 5.74) is 1.04. The summed E-state index contributed by atoms with van der Waals surface area (Å²) in [6, 6.07) is 12.6. The summed E-state index contributed by atoms with van der Waals surface area (Å²) < 4.78 is 0. The van der Waals surface area contributed by atoms with Crippen LogP contribution >= 0.6 is 12.4 Å². The molecule has 2 rings (SSSR count). The summed E-state index contributed by atoms with van der Waals surface area (Å²) in [6.07, 6.45) is 1.23. The second kappa shape index (κ2) is 10.1. The first-order valence-electron chi connectivity index (χ1n) is 8.71. The number of halogens is 1. The maximum atomic E-state index is 12.5. The van der Waals surface area contributed by atoms with Gasteiger partial charge < -0.3 is 10.4 Å². The van der Waals surface area contributed by atoms with Crippen LogP contribution in [-0.2, 0) is 9.59 Å². The van der Waals surface area contributed by atoms with Crippen LogP contribution in [0.5, 0.6) is 0 Å². The van der Waals surface area contributed by atoms with Crippen molar-refractivity contribution in [2.45, 2.75) is 51.7 Å². The molecule has 2 aromatic carbocycles. The molecule has 0 bridgehead atoms. The minimum atomic E-state index is -0.927. The molecule has 0 spiro atoms. The zero-order chi connectivity index (χ0) is 18.4. The van der Waals surface area contributed by atoms with Crippen molar-refractivity contribution in [3.05, 3.63) is 48.0 Å². The monoisotopic (exact) mass is 378 g/mol. The van der Waals surface area contributed by atoms with Crippen molar-refractivity contribution in [3.8, 4) is 0 Å². The van der Waals surface area contributed by atoms with Gasteiger partial charge in [0, 0.05) is 0 Å². The lowest BCUT2D eigenvalue weighted by Gasteiger charge is -2.22. The third-order valence-corrected chi connectivity index (χ3v) is 4.37. The molecule has 1 amide bonds. The highest BCUT2D eigenvalue weighted by Crippen LogP contribution is 2.24. The molecule has 0 saturated heterocycles. The Morgan fingerprint density at radius 2 is 1.73 bits per heavy atom. The average Bonchev–Trinajstić information content (AvgIpc) is 2.60. The topological polar surface area (TPSA) is 78.4 Å². The Balaban J connectivity index is 0.00000338. The molecule has 142 valence electrons. The number of aliphatic carboxylic acids is 1. The van der Waals surface area contributed by atoms with Crippen LogP contribution in [0.25, 0.3) is 10.8 Å². The zero-order valence-corrected chi connectivity index (χ0v) is 16.2. The number of carboxylic acid groups (broad SMARTS) is 1. The quantitative estimate of drug-likeness (QED) is 0.654. The van der Waals surface area contributed by atoms with Crippen LogP contribution in [0.2, 0.25) is 0 Å². The van der Waals surface area contributed by atoms with E-state index in [1.807, 2.05) is 56.3 Å². The van der Waals surface area contributed by atoms with Crippen molar-refractivity contribution in [1.82, 2.24) is 10.6 Å². The molecule has 3 atom stereocenters. The predicted octanol–water partition coefficient (Wildman–Crippen LogP) is 3.67. The fraction of sp³-hybridized carbons (Fsp3) is 0.400. The average molecular weight is 379 g/mol. The first kappa shape index (κ1) is 21.9. The highest BCUT2D eigenvalue weighted by atomic mass is 35.5. The van der Waals surface area contributed by atoms with Gasteiger partial charge in [-0.05, 0) is 36.6 Å². The first-order valence-corrected chi connectivity index (χ1v) is 8.71. The van der Waals surface area contributed by atoms with Crippen molar-refractivity contribution in [1.29, 1.82) is 0 Å². The molecular weight excluding hydrogens is 352 g/mol. The smallest absolute Gasteiger partial charge is 0.320 e. The van der Waals surface area contributed by atoms with Crippen molar-refractivity contribution in [2.75, 3.05) is 0 Å². The molecule has 0 aromatic heterocycles. The van der Waals surface area contributed by atoms with Gasteiger partial charge in [-0.1, -0.05) is 55.8 Å². The Hall–Kier alpha value is -2.11. The van der Waals surface area contributed by atoms with Crippen LogP contribution in [0, 0.1) is 0 Å². The number of benzene rings is 2. The zero-order valence-electron chi connectivity index (χ0n) is 15.4.